The van der Waals surface area contributed by atoms with E-state index in [0.29, 0.717) is 4.75 Å². The molecule has 0 radical (unpaired) electrons. The summed E-state index contributed by atoms with van der Waals surface area (Å²) in [4.78, 5) is 11.5. The molecule has 1 aromatic rings. The Hall–Kier alpha value is -0.740. The second-order valence-electron chi connectivity index (χ2n) is 5.00. The van der Waals surface area contributed by atoms with Gasteiger partial charge in [0.15, 0.2) is 0 Å². The van der Waals surface area contributed by atoms with Gasteiger partial charge in [-0.1, -0.05) is 18.9 Å². The van der Waals surface area contributed by atoms with Crippen molar-refractivity contribution in [2.45, 2.75) is 37.0 Å². The fourth-order valence-corrected chi connectivity index (χ4v) is 3.58. The fraction of sp³-hybridized carbons (Fsp3) is 0.643. The number of nitrogens with zero attached hydrogens (tertiary/aromatic N) is 1. The Bertz CT molecular complexity index is 424. The van der Waals surface area contributed by atoms with Crippen LogP contribution in [0.3, 0.4) is 0 Å². The molecule has 0 aromatic carbocycles. The summed E-state index contributed by atoms with van der Waals surface area (Å²) >= 11 is 2.00. The van der Waals surface area contributed by atoms with Gasteiger partial charge in [0, 0.05) is 36.6 Å². The van der Waals surface area contributed by atoms with Gasteiger partial charge >= 0.3 is 0 Å². The molecule has 1 fully saturated rings. The van der Waals surface area contributed by atoms with Gasteiger partial charge in [-0.25, -0.2) is 0 Å². The van der Waals surface area contributed by atoms with Crippen molar-refractivity contribution in [3.63, 3.8) is 0 Å². The lowest BCUT2D eigenvalue weighted by Gasteiger charge is -2.27. The molecule has 1 aromatic heterocycles. The van der Waals surface area contributed by atoms with Gasteiger partial charge in [-0.3, -0.25) is 4.79 Å². The zero-order valence-corrected chi connectivity index (χ0v) is 11.8. The largest absolute Gasteiger partial charge is 0.314 e. The Morgan fingerprint density at radius 1 is 1.39 bits per heavy atom. The molecular formula is C14H22N2OS. The van der Waals surface area contributed by atoms with Crippen molar-refractivity contribution < 1.29 is 0 Å². The zero-order chi connectivity index (χ0) is 12.8. The Balaban J connectivity index is 1.76. The molecule has 1 N–H and O–H groups in total. The van der Waals surface area contributed by atoms with Crippen LogP contribution in [0, 0.1) is 0 Å². The molecule has 0 unspecified atom stereocenters. The van der Waals surface area contributed by atoms with E-state index >= 15 is 0 Å². The molecule has 1 aliphatic carbocycles. The lowest BCUT2D eigenvalue weighted by atomic mass is 10.1. The van der Waals surface area contributed by atoms with Crippen molar-refractivity contribution in [3.8, 4) is 0 Å². The molecule has 1 saturated carbocycles. The lowest BCUT2D eigenvalue weighted by Crippen LogP contribution is -2.37. The molecule has 1 aliphatic rings. The number of rotatable bonds is 6. The smallest absolute Gasteiger partial charge is 0.250 e. The molecular weight excluding hydrogens is 244 g/mol. The van der Waals surface area contributed by atoms with Crippen LogP contribution < -0.4 is 10.9 Å². The van der Waals surface area contributed by atoms with E-state index in [-0.39, 0.29) is 5.56 Å². The monoisotopic (exact) mass is 266 g/mol. The minimum Gasteiger partial charge on any atom is -0.314 e. The van der Waals surface area contributed by atoms with Crippen molar-refractivity contribution in [3.05, 3.63) is 34.7 Å². The average molecular weight is 266 g/mol. The maximum Gasteiger partial charge on any atom is 0.250 e. The summed E-state index contributed by atoms with van der Waals surface area (Å²) in [5.74, 6) is 0. The fourth-order valence-electron chi connectivity index (χ4n) is 2.63. The van der Waals surface area contributed by atoms with Crippen LogP contribution in [0.2, 0.25) is 0 Å². The average Bonchev–Trinajstić information content (AvgIpc) is 2.86. The SMILES string of the molecule is CSC1(CNCCn2ccccc2=O)CCCC1. The highest BCUT2D eigenvalue weighted by Gasteiger charge is 2.32. The molecule has 3 nitrogen and oxygen atoms in total. The molecule has 0 spiro atoms. The number of thioether (sulfide) groups is 1. The molecule has 0 aliphatic heterocycles. The molecule has 0 amide bonds. The van der Waals surface area contributed by atoms with Gasteiger partial charge in [-0.05, 0) is 25.2 Å². The summed E-state index contributed by atoms with van der Waals surface area (Å²) < 4.78 is 2.20. The normalized spacial score (nSPS) is 18.1. The molecule has 1 heterocycles. The Labute approximate surface area is 113 Å². The maximum absolute atomic E-state index is 11.5. The first-order chi connectivity index (χ1) is 8.76. The van der Waals surface area contributed by atoms with E-state index < -0.39 is 0 Å². The highest BCUT2D eigenvalue weighted by Crippen LogP contribution is 2.39. The summed E-state index contributed by atoms with van der Waals surface area (Å²) in [6.07, 6.45) is 9.44. The first kappa shape index (κ1) is 13.7. The molecule has 4 heteroatoms. The highest BCUT2D eigenvalue weighted by molar-refractivity contribution is 8.00. The van der Waals surface area contributed by atoms with Crippen molar-refractivity contribution in [2.75, 3.05) is 19.3 Å². The third kappa shape index (κ3) is 3.39. The Kier molecular flexibility index (Phi) is 4.89. The van der Waals surface area contributed by atoms with E-state index in [0.717, 1.165) is 19.6 Å². The summed E-state index contributed by atoms with van der Waals surface area (Å²) in [5, 5.41) is 3.51. The summed E-state index contributed by atoms with van der Waals surface area (Å²) in [6.45, 7) is 2.69. The lowest BCUT2D eigenvalue weighted by molar-refractivity contribution is 0.509. The van der Waals surface area contributed by atoms with Crippen LogP contribution in [-0.4, -0.2) is 28.7 Å². The summed E-state index contributed by atoms with van der Waals surface area (Å²) in [7, 11) is 0. The van der Waals surface area contributed by atoms with E-state index in [1.807, 2.05) is 24.0 Å². The third-order valence-corrected chi connectivity index (χ3v) is 5.24. The van der Waals surface area contributed by atoms with Crippen molar-refractivity contribution in [1.82, 2.24) is 9.88 Å². The van der Waals surface area contributed by atoms with E-state index in [4.69, 9.17) is 0 Å². The second kappa shape index (κ2) is 6.43. The third-order valence-electron chi connectivity index (χ3n) is 3.82. The summed E-state index contributed by atoms with van der Waals surface area (Å²) in [5.41, 5.74) is 0.0831. The highest BCUT2D eigenvalue weighted by atomic mass is 32.2. The van der Waals surface area contributed by atoms with Crippen molar-refractivity contribution in [2.24, 2.45) is 0 Å². The Morgan fingerprint density at radius 2 is 2.17 bits per heavy atom. The number of pyridine rings is 1. The summed E-state index contributed by atoms with van der Waals surface area (Å²) in [6, 6.07) is 5.30. The molecule has 18 heavy (non-hydrogen) atoms. The number of hydrogen-bond donors (Lipinski definition) is 1. The van der Waals surface area contributed by atoms with E-state index in [2.05, 4.69) is 11.6 Å². The molecule has 2 rings (SSSR count). The van der Waals surface area contributed by atoms with Crippen LogP contribution >= 0.6 is 11.8 Å². The van der Waals surface area contributed by atoms with Gasteiger partial charge < -0.3 is 9.88 Å². The van der Waals surface area contributed by atoms with Gasteiger partial charge in [0.2, 0.25) is 0 Å². The van der Waals surface area contributed by atoms with E-state index in [9.17, 15) is 4.79 Å². The first-order valence-electron chi connectivity index (χ1n) is 6.67. The minimum atomic E-state index is 0.0831. The quantitative estimate of drug-likeness (QED) is 0.801. The van der Waals surface area contributed by atoms with Crippen LogP contribution in [0.5, 0.6) is 0 Å². The molecule has 100 valence electrons. The van der Waals surface area contributed by atoms with Crippen molar-refractivity contribution >= 4 is 11.8 Å². The predicted octanol–water partition coefficient (Wildman–Crippen LogP) is 2.11. The van der Waals surface area contributed by atoms with Crippen LogP contribution in [0.15, 0.2) is 29.2 Å². The minimum absolute atomic E-state index is 0.0831. The van der Waals surface area contributed by atoms with Crippen LogP contribution in [-0.2, 0) is 6.54 Å². The number of aromatic nitrogens is 1. The molecule has 0 saturated heterocycles. The van der Waals surface area contributed by atoms with Gasteiger partial charge in [0.1, 0.15) is 0 Å². The van der Waals surface area contributed by atoms with E-state index in [1.54, 1.807) is 16.7 Å². The van der Waals surface area contributed by atoms with Gasteiger partial charge in [-0.2, -0.15) is 11.8 Å². The van der Waals surface area contributed by atoms with Crippen molar-refractivity contribution in [1.29, 1.82) is 0 Å². The topological polar surface area (TPSA) is 34.0 Å². The van der Waals surface area contributed by atoms with Crippen LogP contribution in [0.4, 0.5) is 0 Å². The maximum atomic E-state index is 11.5. The van der Waals surface area contributed by atoms with Gasteiger partial charge in [-0.15, -0.1) is 0 Å². The van der Waals surface area contributed by atoms with Crippen LogP contribution in [0.25, 0.3) is 0 Å². The molecule has 0 atom stereocenters. The Morgan fingerprint density at radius 3 is 2.83 bits per heavy atom. The second-order valence-corrected chi connectivity index (χ2v) is 6.28. The van der Waals surface area contributed by atoms with E-state index in [1.165, 1.54) is 25.7 Å². The van der Waals surface area contributed by atoms with Crippen LogP contribution in [0.1, 0.15) is 25.7 Å². The number of hydrogen-bond acceptors (Lipinski definition) is 3. The van der Waals surface area contributed by atoms with Gasteiger partial charge in [0.25, 0.3) is 5.56 Å². The number of nitrogens with one attached hydrogen (secondary N) is 1. The first-order valence-corrected chi connectivity index (χ1v) is 7.90. The zero-order valence-electron chi connectivity index (χ0n) is 11.0. The standard InChI is InChI=1S/C14H22N2OS/c1-18-14(7-3-4-8-14)12-15-9-11-16-10-5-2-6-13(16)17/h2,5-6,10,15H,3-4,7-9,11-12H2,1H3. The molecule has 0 bridgehead atoms. The van der Waals surface area contributed by atoms with Gasteiger partial charge in [0.05, 0.1) is 0 Å². The predicted molar refractivity (Wildman–Crippen MR) is 78.3 cm³/mol.